The topological polar surface area (TPSA) is 104 Å². The summed E-state index contributed by atoms with van der Waals surface area (Å²) in [5.41, 5.74) is 7.38. The maximum Gasteiger partial charge on any atom is 0.252 e. The molecule has 144 valence electrons. The lowest BCUT2D eigenvalue weighted by molar-refractivity contribution is -0.114. The molecular formula is C22H23N3O3. The highest BCUT2D eigenvalue weighted by molar-refractivity contribution is 6.00. The highest BCUT2D eigenvalue weighted by Gasteiger charge is 2.18. The molecule has 0 aromatic heterocycles. The van der Waals surface area contributed by atoms with E-state index in [-0.39, 0.29) is 25.1 Å². The van der Waals surface area contributed by atoms with Gasteiger partial charge in [0.25, 0.3) is 5.91 Å². The van der Waals surface area contributed by atoms with Crippen LogP contribution in [0.3, 0.4) is 0 Å². The van der Waals surface area contributed by atoms with Gasteiger partial charge in [-0.3, -0.25) is 9.59 Å². The van der Waals surface area contributed by atoms with Crippen molar-refractivity contribution < 1.29 is 14.7 Å². The molecule has 3 rings (SSSR count). The number of anilines is 1. The second kappa shape index (κ2) is 8.65. The number of carbonyl (C=O) groups is 2. The van der Waals surface area contributed by atoms with Crippen molar-refractivity contribution in [1.29, 1.82) is 0 Å². The van der Waals surface area contributed by atoms with Crippen LogP contribution in [-0.2, 0) is 11.4 Å². The standard InChI is InChI=1S/C22H23N3O3/c1-14(16-9-4-7-15-6-2-3-8-17(15)16)24-22(28)18-10-5-11-20(19(18)13-26)25-21(27)12-23/h2-11,14,26H,12-13,23H2,1H3,(H,24,28)(H,25,27)/t14-/m1/s1. The molecule has 0 unspecified atom stereocenters. The average Bonchev–Trinajstić information content (AvgIpc) is 2.72. The fourth-order valence-corrected chi connectivity index (χ4v) is 3.27. The molecule has 5 N–H and O–H groups in total. The van der Waals surface area contributed by atoms with Gasteiger partial charge in [-0.2, -0.15) is 0 Å². The van der Waals surface area contributed by atoms with Crippen LogP contribution in [0.5, 0.6) is 0 Å². The molecule has 6 nitrogen and oxygen atoms in total. The molecule has 0 aliphatic carbocycles. The van der Waals surface area contributed by atoms with E-state index in [9.17, 15) is 14.7 Å². The van der Waals surface area contributed by atoms with Gasteiger partial charge in [0.1, 0.15) is 0 Å². The zero-order valence-corrected chi connectivity index (χ0v) is 15.6. The monoisotopic (exact) mass is 377 g/mol. The number of aliphatic hydroxyl groups excluding tert-OH is 1. The molecule has 2 amide bonds. The van der Waals surface area contributed by atoms with E-state index in [1.165, 1.54) is 0 Å². The molecule has 28 heavy (non-hydrogen) atoms. The highest BCUT2D eigenvalue weighted by atomic mass is 16.3. The average molecular weight is 377 g/mol. The minimum Gasteiger partial charge on any atom is -0.392 e. The first-order valence-electron chi connectivity index (χ1n) is 9.06. The van der Waals surface area contributed by atoms with Crippen molar-refractivity contribution >= 4 is 28.3 Å². The lowest BCUT2D eigenvalue weighted by Crippen LogP contribution is -2.28. The first kappa shape index (κ1) is 19.5. The molecule has 0 radical (unpaired) electrons. The minimum atomic E-state index is -0.392. The van der Waals surface area contributed by atoms with Crippen molar-refractivity contribution in [2.45, 2.75) is 19.6 Å². The maximum absolute atomic E-state index is 12.9. The molecule has 6 heteroatoms. The number of fused-ring (bicyclic) bond motifs is 1. The van der Waals surface area contributed by atoms with Gasteiger partial charge in [-0.25, -0.2) is 0 Å². The molecule has 0 saturated heterocycles. The molecule has 0 spiro atoms. The van der Waals surface area contributed by atoms with Gasteiger partial charge < -0.3 is 21.5 Å². The summed E-state index contributed by atoms with van der Waals surface area (Å²) in [6.07, 6.45) is 0. The summed E-state index contributed by atoms with van der Waals surface area (Å²) >= 11 is 0. The summed E-state index contributed by atoms with van der Waals surface area (Å²) in [4.78, 5) is 24.5. The zero-order chi connectivity index (χ0) is 20.1. The number of benzene rings is 3. The second-order valence-electron chi connectivity index (χ2n) is 6.51. The van der Waals surface area contributed by atoms with Crippen LogP contribution in [0.2, 0.25) is 0 Å². The van der Waals surface area contributed by atoms with Crippen LogP contribution in [0, 0.1) is 0 Å². The first-order valence-corrected chi connectivity index (χ1v) is 9.06. The van der Waals surface area contributed by atoms with Gasteiger partial charge in [0, 0.05) is 16.8 Å². The van der Waals surface area contributed by atoms with Crippen molar-refractivity contribution in [3.8, 4) is 0 Å². The lowest BCUT2D eigenvalue weighted by atomic mass is 9.99. The predicted molar refractivity (Wildman–Crippen MR) is 110 cm³/mol. The Morgan fingerprint density at radius 2 is 1.75 bits per heavy atom. The molecule has 3 aromatic carbocycles. The van der Waals surface area contributed by atoms with Crippen LogP contribution < -0.4 is 16.4 Å². The van der Waals surface area contributed by atoms with Crippen molar-refractivity contribution in [3.63, 3.8) is 0 Å². The van der Waals surface area contributed by atoms with Crippen molar-refractivity contribution in [2.24, 2.45) is 5.73 Å². The molecule has 0 aliphatic heterocycles. The second-order valence-corrected chi connectivity index (χ2v) is 6.51. The van der Waals surface area contributed by atoms with E-state index in [0.717, 1.165) is 16.3 Å². The highest BCUT2D eigenvalue weighted by Crippen LogP contribution is 2.25. The number of nitrogens with two attached hydrogens (primary N) is 1. The Morgan fingerprint density at radius 1 is 1.04 bits per heavy atom. The summed E-state index contributed by atoms with van der Waals surface area (Å²) in [5.74, 6) is -0.718. The lowest BCUT2D eigenvalue weighted by Gasteiger charge is -2.19. The van der Waals surface area contributed by atoms with Gasteiger partial charge >= 0.3 is 0 Å². The van der Waals surface area contributed by atoms with Gasteiger partial charge in [-0.1, -0.05) is 48.5 Å². The summed E-state index contributed by atoms with van der Waals surface area (Å²) in [5, 5.41) is 17.5. The van der Waals surface area contributed by atoms with E-state index in [2.05, 4.69) is 10.6 Å². The van der Waals surface area contributed by atoms with Crippen LogP contribution in [0.15, 0.2) is 60.7 Å². The number of amides is 2. The van der Waals surface area contributed by atoms with Gasteiger partial charge in [0.2, 0.25) is 5.91 Å². The van der Waals surface area contributed by atoms with Crippen LogP contribution in [0.4, 0.5) is 5.69 Å². The predicted octanol–water partition coefficient (Wildman–Crippen LogP) is 2.72. The van der Waals surface area contributed by atoms with Crippen LogP contribution in [0.1, 0.15) is 34.5 Å². The van der Waals surface area contributed by atoms with Crippen LogP contribution in [0.25, 0.3) is 10.8 Å². The third-order valence-corrected chi connectivity index (χ3v) is 4.68. The number of carbonyl (C=O) groups excluding carboxylic acids is 2. The van der Waals surface area contributed by atoms with Gasteiger partial charge in [0.15, 0.2) is 0 Å². The molecule has 0 fully saturated rings. The fourth-order valence-electron chi connectivity index (χ4n) is 3.27. The summed E-state index contributed by atoms with van der Waals surface area (Å²) < 4.78 is 0. The molecule has 3 aromatic rings. The van der Waals surface area contributed by atoms with E-state index in [1.807, 2.05) is 49.4 Å². The maximum atomic E-state index is 12.9. The van der Waals surface area contributed by atoms with Crippen LogP contribution >= 0.6 is 0 Å². The van der Waals surface area contributed by atoms with E-state index < -0.39 is 5.91 Å². The molecule has 0 bridgehead atoms. The van der Waals surface area contributed by atoms with E-state index in [0.29, 0.717) is 16.8 Å². The third-order valence-electron chi connectivity index (χ3n) is 4.68. The minimum absolute atomic E-state index is 0.181. The Hall–Kier alpha value is -3.22. The molecule has 0 aliphatic rings. The zero-order valence-electron chi connectivity index (χ0n) is 15.6. The van der Waals surface area contributed by atoms with Crippen molar-refractivity contribution in [2.75, 3.05) is 11.9 Å². The molecular weight excluding hydrogens is 354 g/mol. The number of rotatable bonds is 6. The Kier molecular flexibility index (Phi) is 6.03. The number of hydrogen-bond acceptors (Lipinski definition) is 4. The van der Waals surface area contributed by atoms with Crippen molar-refractivity contribution in [3.05, 3.63) is 77.4 Å². The molecule has 1 atom stereocenters. The van der Waals surface area contributed by atoms with Crippen LogP contribution in [-0.4, -0.2) is 23.5 Å². The normalized spacial score (nSPS) is 11.8. The summed E-state index contributed by atoms with van der Waals surface area (Å²) in [6, 6.07) is 18.6. The quantitative estimate of drug-likeness (QED) is 0.530. The Bertz CT molecular complexity index is 1010. The third kappa shape index (κ3) is 4.03. The molecule has 0 heterocycles. The Morgan fingerprint density at radius 3 is 2.50 bits per heavy atom. The largest absolute Gasteiger partial charge is 0.392 e. The summed E-state index contributed by atoms with van der Waals surface area (Å²) in [6.45, 7) is 1.35. The summed E-state index contributed by atoms with van der Waals surface area (Å²) in [7, 11) is 0. The van der Waals surface area contributed by atoms with Gasteiger partial charge in [-0.15, -0.1) is 0 Å². The van der Waals surface area contributed by atoms with E-state index in [4.69, 9.17) is 5.73 Å². The Balaban J connectivity index is 1.88. The van der Waals surface area contributed by atoms with Gasteiger partial charge in [0.05, 0.1) is 19.2 Å². The number of hydrogen-bond donors (Lipinski definition) is 4. The first-order chi connectivity index (χ1) is 13.5. The van der Waals surface area contributed by atoms with E-state index >= 15 is 0 Å². The number of nitrogens with one attached hydrogen (secondary N) is 2. The SMILES string of the molecule is C[C@@H](NC(=O)c1cccc(NC(=O)CN)c1CO)c1cccc2ccccc12. The fraction of sp³-hybridized carbons (Fsp3) is 0.182. The van der Waals surface area contributed by atoms with Crippen molar-refractivity contribution in [1.82, 2.24) is 5.32 Å². The Labute approximate surface area is 163 Å². The smallest absolute Gasteiger partial charge is 0.252 e. The van der Waals surface area contributed by atoms with Gasteiger partial charge in [-0.05, 0) is 35.4 Å². The number of aliphatic hydroxyl groups is 1. The molecule has 0 saturated carbocycles. The van der Waals surface area contributed by atoms with E-state index in [1.54, 1.807) is 18.2 Å².